The van der Waals surface area contributed by atoms with Gasteiger partial charge in [-0.1, -0.05) is 165 Å². The van der Waals surface area contributed by atoms with Gasteiger partial charge in [-0.25, -0.2) is 9.97 Å². The summed E-state index contributed by atoms with van der Waals surface area (Å²) >= 11 is 0. The summed E-state index contributed by atoms with van der Waals surface area (Å²) in [5, 5.41) is 5.63. The lowest BCUT2D eigenvalue weighted by atomic mass is 9.93. The molecule has 0 aliphatic carbocycles. The van der Waals surface area contributed by atoms with Crippen molar-refractivity contribution in [3.05, 3.63) is 248 Å². The summed E-state index contributed by atoms with van der Waals surface area (Å²) in [5.74, 6) is 0.604. The summed E-state index contributed by atoms with van der Waals surface area (Å²) in [5.41, 5.74) is 15.4. The molecule has 5 nitrogen and oxygen atoms in total. The molecule has 12 rings (SSSR count). The Morgan fingerprint density at radius 2 is 1.09 bits per heavy atom. The fraction of sp³-hybridized carbons (Fsp3) is 0. The van der Waals surface area contributed by atoms with Gasteiger partial charge in [-0.2, -0.15) is 0 Å². The Hall–Kier alpha value is -8.80. The van der Waals surface area contributed by atoms with Crippen LogP contribution in [0.2, 0.25) is 0 Å². The minimum Gasteiger partial charge on any atom is -0.309 e. The average molecular weight is 832 g/mol. The molecule has 0 bridgehead atoms. The van der Waals surface area contributed by atoms with Crippen molar-refractivity contribution in [3.8, 4) is 39.8 Å². The molecule has 65 heavy (non-hydrogen) atoms. The Morgan fingerprint density at radius 3 is 1.89 bits per heavy atom. The van der Waals surface area contributed by atoms with Crippen molar-refractivity contribution in [3.63, 3.8) is 0 Å². The average Bonchev–Trinajstić information content (AvgIpc) is 4.05. The van der Waals surface area contributed by atoms with Gasteiger partial charge in [0.05, 0.1) is 39.0 Å². The third kappa shape index (κ3) is 6.40. The first-order chi connectivity index (χ1) is 32.1. The summed E-state index contributed by atoms with van der Waals surface area (Å²) in [6.07, 6.45) is 6.34. The van der Waals surface area contributed by atoms with Crippen LogP contribution in [0.15, 0.2) is 237 Å². The minimum absolute atomic E-state index is 0.604. The van der Waals surface area contributed by atoms with E-state index in [1.807, 2.05) is 6.07 Å². The number of fused-ring (bicyclic) bond motifs is 6. The molecular formula is C60H41N5. The van der Waals surface area contributed by atoms with E-state index in [0.717, 1.165) is 89.0 Å². The highest BCUT2D eigenvalue weighted by molar-refractivity contribution is 6.11. The molecule has 0 spiro atoms. The number of allylic oxidation sites excluding steroid dienone is 3. The first-order valence-corrected chi connectivity index (χ1v) is 21.9. The number of rotatable bonds is 9. The van der Waals surface area contributed by atoms with Gasteiger partial charge in [-0.15, -0.1) is 0 Å². The van der Waals surface area contributed by atoms with Gasteiger partial charge in [0.15, 0.2) is 0 Å². The zero-order valence-corrected chi connectivity index (χ0v) is 35.5. The van der Waals surface area contributed by atoms with Crippen LogP contribution in [0.3, 0.4) is 0 Å². The van der Waals surface area contributed by atoms with E-state index in [0.29, 0.717) is 5.95 Å². The molecular weight excluding hydrogens is 791 g/mol. The molecule has 0 aliphatic heterocycles. The van der Waals surface area contributed by atoms with Crippen LogP contribution in [0.5, 0.6) is 0 Å². The van der Waals surface area contributed by atoms with Gasteiger partial charge in [0.25, 0.3) is 0 Å². The van der Waals surface area contributed by atoms with Crippen LogP contribution in [0.1, 0.15) is 11.1 Å². The topological polar surface area (TPSA) is 40.6 Å². The molecule has 0 aliphatic rings. The largest absolute Gasteiger partial charge is 0.309 e. The molecule has 0 fully saturated rings. The maximum absolute atomic E-state index is 5.39. The summed E-state index contributed by atoms with van der Waals surface area (Å²) in [7, 11) is 0. The maximum atomic E-state index is 5.39. The molecule has 12 aromatic rings. The number of para-hydroxylation sites is 6. The van der Waals surface area contributed by atoms with Crippen molar-refractivity contribution < 1.29 is 0 Å². The number of nitrogens with zero attached hydrogens (tertiary/aromatic N) is 5. The van der Waals surface area contributed by atoms with E-state index >= 15 is 0 Å². The van der Waals surface area contributed by atoms with Gasteiger partial charge in [0, 0.05) is 61.2 Å². The van der Waals surface area contributed by atoms with E-state index in [-0.39, 0.29) is 0 Å². The highest BCUT2D eigenvalue weighted by Gasteiger charge is 2.20. The first-order valence-electron chi connectivity index (χ1n) is 21.9. The molecule has 4 aromatic heterocycles. The minimum atomic E-state index is 0.604. The van der Waals surface area contributed by atoms with Crippen molar-refractivity contribution in [1.29, 1.82) is 0 Å². The van der Waals surface area contributed by atoms with Crippen LogP contribution in [0.4, 0.5) is 0 Å². The van der Waals surface area contributed by atoms with Gasteiger partial charge in [0.2, 0.25) is 5.95 Å². The van der Waals surface area contributed by atoms with Crippen molar-refractivity contribution in [2.45, 2.75) is 0 Å². The van der Waals surface area contributed by atoms with Crippen LogP contribution in [-0.2, 0) is 0 Å². The van der Waals surface area contributed by atoms with Gasteiger partial charge in [-0.05, 0) is 83.4 Å². The summed E-state index contributed by atoms with van der Waals surface area (Å²) in [6.45, 7) is 9.19. The first kappa shape index (κ1) is 37.9. The molecule has 0 N–H and O–H groups in total. The second-order valence-corrected chi connectivity index (χ2v) is 16.4. The van der Waals surface area contributed by atoms with Gasteiger partial charge in [0.1, 0.15) is 0 Å². The van der Waals surface area contributed by atoms with Crippen LogP contribution < -0.4 is 0 Å². The van der Waals surface area contributed by atoms with Crippen LogP contribution in [-0.4, -0.2) is 23.7 Å². The van der Waals surface area contributed by atoms with Gasteiger partial charge >= 0.3 is 0 Å². The van der Waals surface area contributed by atoms with E-state index in [4.69, 9.17) is 9.97 Å². The number of hydrogen-bond acceptors (Lipinski definition) is 2. The molecule has 0 amide bonds. The van der Waals surface area contributed by atoms with E-state index in [1.165, 1.54) is 21.7 Å². The number of benzene rings is 8. The van der Waals surface area contributed by atoms with Crippen LogP contribution >= 0.6 is 0 Å². The second-order valence-electron chi connectivity index (χ2n) is 16.4. The molecule has 0 unspecified atom stereocenters. The fourth-order valence-electron chi connectivity index (χ4n) is 9.51. The third-order valence-electron chi connectivity index (χ3n) is 12.6. The molecule has 0 saturated carbocycles. The van der Waals surface area contributed by atoms with Gasteiger partial charge in [-0.3, -0.25) is 4.57 Å². The number of aromatic nitrogens is 5. The SMILES string of the molecule is C=C(/C=C\c1cn(-c2nc(-c3ccc4c(c3)c3ccccc3n4-c3ccccc3)c3ccccc3n2)c2ccccc12)C(=C)c1ccccc1-c1cc2ccccc2n1-c1ccccc1. The summed E-state index contributed by atoms with van der Waals surface area (Å²) < 4.78 is 6.78. The monoisotopic (exact) mass is 831 g/mol. The molecule has 0 radical (unpaired) electrons. The molecule has 8 aromatic carbocycles. The van der Waals surface area contributed by atoms with Crippen molar-refractivity contribution in [2.24, 2.45) is 0 Å². The standard InChI is InChI=1S/C60H41N5/c1-40(41(2)47-24-10-11-26-49(47)58-38-42-19-9-16-30-54(42)64(58)45-20-5-3-6-21-45)33-34-44-39-63(55-31-17-13-25-48(44)55)60-61-53-29-15-12-28-51(53)59(62-60)43-35-36-57-52(37-43)50-27-14-18-32-56(50)65(57)46-22-7-4-8-23-46/h3-39H,1-2H2/b34-33-. The lowest BCUT2D eigenvalue weighted by molar-refractivity contribution is 0.983. The lowest BCUT2D eigenvalue weighted by Crippen LogP contribution is -2.02. The van der Waals surface area contributed by atoms with Crippen molar-refractivity contribution in [2.75, 3.05) is 0 Å². The lowest BCUT2D eigenvalue weighted by Gasteiger charge is -2.16. The Labute approximate surface area is 376 Å². The molecule has 306 valence electrons. The van der Waals surface area contributed by atoms with Crippen LogP contribution in [0, 0.1) is 0 Å². The fourth-order valence-corrected chi connectivity index (χ4v) is 9.51. The highest BCUT2D eigenvalue weighted by atomic mass is 15.1. The number of hydrogen-bond donors (Lipinski definition) is 0. The smallest absolute Gasteiger partial charge is 0.235 e. The predicted octanol–water partition coefficient (Wildman–Crippen LogP) is 15.2. The van der Waals surface area contributed by atoms with Crippen molar-refractivity contribution in [1.82, 2.24) is 23.7 Å². The zero-order chi connectivity index (χ0) is 43.4. The van der Waals surface area contributed by atoms with E-state index in [2.05, 4.69) is 245 Å². The van der Waals surface area contributed by atoms with Crippen LogP contribution in [0.25, 0.3) is 106 Å². The zero-order valence-electron chi connectivity index (χ0n) is 35.5. The summed E-state index contributed by atoms with van der Waals surface area (Å²) in [6, 6.07) is 72.4. The molecule has 0 atom stereocenters. The third-order valence-corrected chi connectivity index (χ3v) is 12.6. The Balaban J connectivity index is 0.929. The Kier molecular flexibility index (Phi) is 9.06. The Morgan fingerprint density at radius 1 is 0.477 bits per heavy atom. The molecule has 5 heteroatoms. The predicted molar refractivity (Wildman–Crippen MR) is 272 cm³/mol. The molecule has 0 saturated heterocycles. The molecule has 4 heterocycles. The van der Waals surface area contributed by atoms with Gasteiger partial charge < -0.3 is 9.13 Å². The highest BCUT2D eigenvalue weighted by Crippen LogP contribution is 2.39. The van der Waals surface area contributed by atoms with E-state index in [1.54, 1.807) is 0 Å². The second kappa shape index (κ2) is 15.5. The summed E-state index contributed by atoms with van der Waals surface area (Å²) in [4.78, 5) is 10.6. The normalized spacial score (nSPS) is 11.8. The van der Waals surface area contributed by atoms with E-state index < -0.39 is 0 Å². The maximum Gasteiger partial charge on any atom is 0.235 e. The quantitative estimate of drug-likeness (QED) is 0.136. The van der Waals surface area contributed by atoms with Crippen molar-refractivity contribution >= 4 is 66.2 Å². The van der Waals surface area contributed by atoms with E-state index in [9.17, 15) is 0 Å². The Bertz CT molecular complexity index is 3860.